The molecule has 0 radical (unpaired) electrons. The van der Waals surface area contributed by atoms with E-state index in [1.807, 2.05) is 18.2 Å². The number of benzene rings is 2. The summed E-state index contributed by atoms with van der Waals surface area (Å²) in [6, 6.07) is 12.2. The number of carbonyl (C=O) groups is 2. The van der Waals surface area contributed by atoms with Crippen LogP contribution in [0.3, 0.4) is 0 Å². The van der Waals surface area contributed by atoms with Gasteiger partial charge in [-0.05, 0) is 78.7 Å². The Hall–Kier alpha value is -2.93. The van der Waals surface area contributed by atoms with Gasteiger partial charge < -0.3 is 10.0 Å². The van der Waals surface area contributed by atoms with Gasteiger partial charge in [-0.15, -0.1) is 0 Å². The summed E-state index contributed by atoms with van der Waals surface area (Å²) in [5.74, 6) is -1.33. The summed E-state index contributed by atoms with van der Waals surface area (Å²) >= 11 is 3.63. The van der Waals surface area contributed by atoms with Crippen molar-refractivity contribution in [3.05, 3.63) is 63.6 Å². The molecule has 150 valence electrons. The number of nitrogens with zero attached hydrogens (tertiary/aromatic N) is 3. The van der Waals surface area contributed by atoms with E-state index in [9.17, 15) is 14.7 Å². The van der Waals surface area contributed by atoms with Crippen molar-refractivity contribution in [2.24, 2.45) is 5.10 Å². The molecule has 1 heterocycles. The van der Waals surface area contributed by atoms with Crippen molar-refractivity contribution in [3.63, 3.8) is 0 Å². The molecule has 0 bridgehead atoms. The lowest BCUT2D eigenvalue weighted by Crippen LogP contribution is -2.22. The largest absolute Gasteiger partial charge is 0.478 e. The summed E-state index contributed by atoms with van der Waals surface area (Å²) in [7, 11) is 0. The van der Waals surface area contributed by atoms with Gasteiger partial charge in [-0.2, -0.15) is 10.1 Å². The Morgan fingerprint density at radius 2 is 1.93 bits per heavy atom. The average molecular weight is 456 g/mol. The van der Waals surface area contributed by atoms with Crippen LogP contribution in [-0.2, 0) is 4.79 Å². The number of carbonyl (C=O) groups excluding carboxylic acids is 1. The minimum atomic E-state index is -1.05. The predicted octanol–water partition coefficient (Wildman–Crippen LogP) is 4.80. The van der Waals surface area contributed by atoms with Crippen molar-refractivity contribution in [3.8, 4) is 0 Å². The van der Waals surface area contributed by atoms with E-state index in [0.717, 1.165) is 28.8 Å². The number of anilines is 2. The molecule has 0 aliphatic carbocycles. The molecule has 2 aromatic rings. The quantitative estimate of drug-likeness (QED) is 0.634. The second-order valence-electron chi connectivity index (χ2n) is 6.60. The highest BCUT2D eigenvalue weighted by Crippen LogP contribution is 2.30. The molecule has 0 saturated carbocycles. The molecule has 0 atom stereocenters. The zero-order chi connectivity index (χ0) is 21.1. The number of carboxylic acid groups (broad SMARTS) is 1. The summed E-state index contributed by atoms with van der Waals surface area (Å²) in [5.41, 5.74) is 3.58. The molecular formula is C22H22BrN3O3. The summed E-state index contributed by atoms with van der Waals surface area (Å²) in [5, 5.41) is 14.8. The number of halogens is 1. The van der Waals surface area contributed by atoms with E-state index >= 15 is 0 Å². The highest BCUT2D eigenvalue weighted by atomic mass is 79.9. The van der Waals surface area contributed by atoms with Crippen LogP contribution in [0.4, 0.5) is 11.4 Å². The van der Waals surface area contributed by atoms with Crippen LogP contribution in [0.2, 0.25) is 0 Å². The van der Waals surface area contributed by atoms with Gasteiger partial charge in [0, 0.05) is 17.6 Å². The van der Waals surface area contributed by atoms with Crippen LogP contribution in [0, 0.1) is 0 Å². The minimum Gasteiger partial charge on any atom is -0.478 e. The fraction of sp³-hybridized carbons (Fsp3) is 0.227. The number of carboxylic acids is 1. The first-order chi connectivity index (χ1) is 13.8. The van der Waals surface area contributed by atoms with Crippen LogP contribution in [0.15, 0.2) is 57.6 Å². The van der Waals surface area contributed by atoms with Crippen molar-refractivity contribution in [2.45, 2.75) is 20.8 Å². The smallest absolute Gasteiger partial charge is 0.335 e. The molecular weight excluding hydrogens is 434 g/mol. The van der Waals surface area contributed by atoms with Gasteiger partial charge in [0.15, 0.2) is 0 Å². The molecule has 0 fully saturated rings. The van der Waals surface area contributed by atoms with E-state index in [2.05, 4.69) is 39.8 Å². The molecule has 1 aliphatic rings. The maximum atomic E-state index is 12.9. The maximum Gasteiger partial charge on any atom is 0.335 e. The summed E-state index contributed by atoms with van der Waals surface area (Å²) in [6.45, 7) is 7.80. The van der Waals surface area contributed by atoms with Gasteiger partial charge in [-0.25, -0.2) is 4.79 Å². The molecule has 1 N–H and O–H groups in total. The number of rotatable bonds is 6. The van der Waals surface area contributed by atoms with Gasteiger partial charge in [-0.3, -0.25) is 4.79 Å². The topological polar surface area (TPSA) is 73.2 Å². The number of hydrazone groups is 1. The van der Waals surface area contributed by atoms with Crippen LogP contribution in [0.25, 0.3) is 6.08 Å². The molecule has 29 heavy (non-hydrogen) atoms. The van der Waals surface area contributed by atoms with Crippen molar-refractivity contribution < 1.29 is 14.7 Å². The zero-order valence-electron chi connectivity index (χ0n) is 16.5. The van der Waals surface area contributed by atoms with Crippen molar-refractivity contribution in [1.29, 1.82) is 0 Å². The Balaban J connectivity index is 1.91. The van der Waals surface area contributed by atoms with Crippen LogP contribution >= 0.6 is 15.9 Å². The molecule has 6 nitrogen and oxygen atoms in total. The van der Waals surface area contributed by atoms with E-state index < -0.39 is 5.97 Å². The van der Waals surface area contributed by atoms with Crippen molar-refractivity contribution in [1.82, 2.24) is 0 Å². The van der Waals surface area contributed by atoms with Gasteiger partial charge in [0.05, 0.1) is 28.2 Å². The van der Waals surface area contributed by atoms with Gasteiger partial charge in [0.25, 0.3) is 5.91 Å². The molecule has 1 aliphatic heterocycles. The molecule has 0 unspecified atom stereocenters. The Kier molecular flexibility index (Phi) is 6.17. The number of amides is 1. The first kappa shape index (κ1) is 20.8. The Bertz CT molecular complexity index is 1030. The second-order valence-corrected chi connectivity index (χ2v) is 7.45. The van der Waals surface area contributed by atoms with Crippen molar-refractivity contribution in [2.75, 3.05) is 23.0 Å². The lowest BCUT2D eigenvalue weighted by molar-refractivity contribution is -0.114. The standard InChI is InChI=1S/C22H22BrN3O3/c1-4-25(5-2)20-10-9-15(12-19(20)23)11-18-14(3)24-26(21(18)27)17-8-6-7-16(13-17)22(28)29/h6-13H,4-5H2,1-3H3,(H,28,29)/b18-11-. The van der Waals surface area contributed by atoms with Crippen molar-refractivity contribution >= 4 is 51.0 Å². The van der Waals surface area contributed by atoms with E-state index in [-0.39, 0.29) is 11.5 Å². The summed E-state index contributed by atoms with van der Waals surface area (Å²) in [6.07, 6.45) is 1.80. The molecule has 2 aromatic carbocycles. The predicted molar refractivity (Wildman–Crippen MR) is 120 cm³/mol. The zero-order valence-corrected chi connectivity index (χ0v) is 18.1. The highest BCUT2D eigenvalue weighted by molar-refractivity contribution is 9.10. The molecule has 0 saturated heterocycles. The normalized spacial score (nSPS) is 15.0. The van der Waals surface area contributed by atoms with Crippen LogP contribution in [0.5, 0.6) is 0 Å². The number of hydrogen-bond acceptors (Lipinski definition) is 4. The lowest BCUT2D eigenvalue weighted by atomic mass is 10.1. The molecule has 3 rings (SSSR count). The van der Waals surface area contributed by atoms with Crippen LogP contribution < -0.4 is 9.91 Å². The third-order valence-electron chi connectivity index (χ3n) is 4.79. The number of hydrogen-bond donors (Lipinski definition) is 1. The maximum absolute atomic E-state index is 12.9. The fourth-order valence-corrected chi connectivity index (χ4v) is 3.88. The van der Waals surface area contributed by atoms with E-state index in [4.69, 9.17) is 0 Å². The SMILES string of the molecule is CCN(CC)c1ccc(/C=C2\C(=O)N(c3cccc(C(=O)O)c3)N=C2C)cc1Br. The molecule has 1 amide bonds. The van der Waals surface area contributed by atoms with Gasteiger partial charge in [0.2, 0.25) is 0 Å². The van der Waals surface area contributed by atoms with Gasteiger partial charge in [-0.1, -0.05) is 12.1 Å². The lowest BCUT2D eigenvalue weighted by Gasteiger charge is -2.22. The van der Waals surface area contributed by atoms with Crippen LogP contribution in [0.1, 0.15) is 36.7 Å². The minimum absolute atomic E-state index is 0.108. The monoisotopic (exact) mass is 455 g/mol. The third-order valence-corrected chi connectivity index (χ3v) is 5.42. The Labute approximate surface area is 178 Å². The fourth-order valence-electron chi connectivity index (χ4n) is 3.23. The third kappa shape index (κ3) is 4.24. The Morgan fingerprint density at radius 3 is 2.55 bits per heavy atom. The summed E-state index contributed by atoms with van der Waals surface area (Å²) in [4.78, 5) is 26.4. The van der Waals surface area contributed by atoms with Crippen LogP contribution in [-0.4, -0.2) is 35.8 Å². The molecule has 0 spiro atoms. The average Bonchev–Trinajstić information content (AvgIpc) is 2.98. The Morgan fingerprint density at radius 1 is 1.21 bits per heavy atom. The first-order valence-electron chi connectivity index (χ1n) is 9.35. The van der Waals surface area contributed by atoms with E-state index in [0.29, 0.717) is 17.0 Å². The van der Waals surface area contributed by atoms with E-state index in [1.54, 1.807) is 25.1 Å². The number of aromatic carboxylic acids is 1. The summed E-state index contributed by atoms with van der Waals surface area (Å²) < 4.78 is 0.960. The van der Waals surface area contributed by atoms with Gasteiger partial charge >= 0.3 is 5.97 Å². The van der Waals surface area contributed by atoms with E-state index in [1.165, 1.54) is 17.1 Å². The molecule has 0 aromatic heterocycles. The first-order valence-corrected chi connectivity index (χ1v) is 10.1. The second kappa shape index (κ2) is 8.61. The molecule has 7 heteroatoms. The van der Waals surface area contributed by atoms with Gasteiger partial charge in [0.1, 0.15) is 0 Å². The highest BCUT2D eigenvalue weighted by Gasteiger charge is 2.29.